The van der Waals surface area contributed by atoms with Gasteiger partial charge in [-0.1, -0.05) is 11.6 Å². The minimum Gasteiger partial charge on any atom is -0.381 e. The van der Waals surface area contributed by atoms with Gasteiger partial charge < -0.3 is 10.1 Å². The molecule has 5 nitrogen and oxygen atoms in total. The lowest BCUT2D eigenvalue weighted by Crippen LogP contribution is -2.16. The molecule has 0 bridgehead atoms. The molecule has 1 atom stereocenters. The van der Waals surface area contributed by atoms with Crippen molar-refractivity contribution >= 4 is 39.0 Å². The zero-order valence-corrected chi connectivity index (χ0v) is 11.9. The van der Waals surface area contributed by atoms with E-state index in [2.05, 4.69) is 31.3 Å². The molecule has 18 heavy (non-hydrogen) atoms. The summed E-state index contributed by atoms with van der Waals surface area (Å²) in [4.78, 5) is 4.23. The van der Waals surface area contributed by atoms with Crippen LogP contribution in [0.2, 0.25) is 5.15 Å². The first-order valence-corrected chi connectivity index (χ1v) is 6.92. The SMILES string of the molecule is Clc1cc(NCC2CCOC2)n2ncc(Br)c2n1. The van der Waals surface area contributed by atoms with Gasteiger partial charge in [-0.2, -0.15) is 9.61 Å². The van der Waals surface area contributed by atoms with Crippen LogP contribution in [0.25, 0.3) is 5.65 Å². The second-order valence-corrected chi connectivity index (χ2v) is 5.54. The maximum atomic E-state index is 6.01. The van der Waals surface area contributed by atoms with E-state index in [1.165, 1.54) is 0 Å². The standard InChI is InChI=1S/C11H12BrClN4O/c12-8-5-15-17-10(3-9(13)16-11(8)17)14-4-7-1-2-18-6-7/h3,5,7,14H,1-2,4,6H2. The molecule has 1 saturated heterocycles. The molecule has 1 aliphatic heterocycles. The Morgan fingerprint density at radius 1 is 1.61 bits per heavy atom. The Hall–Kier alpha value is -0.850. The summed E-state index contributed by atoms with van der Waals surface area (Å²) >= 11 is 9.41. The topological polar surface area (TPSA) is 51.5 Å². The predicted octanol–water partition coefficient (Wildman–Crippen LogP) is 2.59. The van der Waals surface area contributed by atoms with Gasteiger partial charge in [0.15, 0.2) is 5.65 Å². The molecule has 2 aromatic rings. The monoisotopic (exact) mass is 330 g/mol. The van der Waals surface area contributed by atoms with E-state index in [4.69, 9.17) is 16.3 Å². The molecular formula is C11H12BrClN4O. The first-order valence-electron chi connectivity index (χ1n) is 5.75. The molecule has 0 amide bonds. The van der Waals surface area contributed by atoms with Crippen molar-refractivity contribution in [3.05, 3.63) is 21.9 Å². The maximum Gasteiger partial charge on any atom is 0.173 e. The van der Waals surface area contributed by atoms with Crippen molar-refractivity contribution in [1.82, 2.24) is 14.6 Å². The predicted molar refractivity (Wildman–Crippen MR) is 73.1 cm³/mol. The molecule has 1 N–H and O–H groups in total. The lowest BCUT2D eigenvalue weighted by atomic mass is 10.1. The quantitative estimate of drug-likeness (QED) is 0.878. The first kappa shape index (κ1) is 12.2. The minimum atomic E-state index is 0.453. The van der Waals surface area contributed by atoms with Gasteiger partial charge in [-0.15, -0.1) is 0 Å². The Morgan fingerprint density at radius 2 is 2.50 bits per heavy atom. The van der Waals surface area contributed by atoms with Gasteiger partial charge in [0.05, 0.1) is 17.3 Å². The Balaban J connectivity index is 1.85. The number of hydrogen-bond acceptors (Lipinski definition) is 4. The van der Waals surface area contributed by atoms with Gasteiger partial charge in [0, 0.05) is 25.1 Å². The molecule has 3 heterocycles. The fourth-order valence-electron chi connectivity index (χ4n) is 2.03. The van der Waals surface area contributed by atoms with Crippen LogP contribution in [0.15, 0.2) is 16.7 Å². The molecule has 1 unspecified atom stereocenters. The van der Waals surface area contributed by atoms with E-state index >= 15 is 0 Å². The number of nitrogens with one attached hydrogen (secondary N) is 1. The van der Waals surface area contributed by atoms with Crippen molar-refractivity contribution in [1.29, 1.82) is 0 Å². The normalized spacial score (nSPS) is 19.6. The maximum absolute atomic E-state index is 6.01. The highest BCUT2D eigenvalue weighted by molar-refractivity contribution is 9.10. The van der Waals surface area contributed by atoms with Crippen LogP contribution in [0.1, 0.15) is 6.42 Å². The lowest BCUT2D eigenvalue weighted by Gasteiger charge is -2.12. The lowest BCUT2D eigenvalue weighted by molar-refractivity contribution is 0.187. The van der Waals surface area contributed by atoms with E-state index in [1.54, 1.807) is 16.8 Å². The van der Waals surface area contributed by atoms with Crippen molar-refractivity contribution in [2.45, 2.75) is 6.42 Å². The molecule has 0 saturated carbocycles. The Labute approximate surface area is 118 Å². The number of aromatic nitrogens is 3. The average molecular weight is 332 g/mol. The number of halogens is 2. The average Bonchev–Trinajstić information content (AvgIpc) is 2.97. The molecule has 2 aromatic heterocycles. The van der Waals surface area contributed by atoms with Gasteiger partial charge in [-0.25, -0.2) is 4.98 Å². The summed E-state index contributed by atoms with van der Waals surface area (Å²) < 4.78 is 7.93. The van der Waals surface area contributed by atoms with Crippen molar-refractivity contribution in [2.24, 2.45) is 5.92 Å². The van der Waals surface area contributed by atoms with Crippen LogP contribution in [0.3, 0.4) is 0 Å². The highest BCUT2D eigenvalue weighted by Crippen LogP contribution is 2.23. The van der Waals surface area contributed by atoms with E-state index in [-0.39, 0.29) is 0 Å². The van der Waals surface area contributed by atoms with Gasteiger partial charge in [0.1, 0.15) is 11.0 Å². The van der Waals surface area contributed by atoms with Gasteiger partial charge in [0.2, 0.25) is 0 Å². The summed E-state index contributed by atoms with van der Waals surface area (Å²) in [6, 6.07) is 1.78. The van der Waals surface area contributed by atoms with Crippen molar-refractivity contribution in [3.63, 3.8) is 0 Å². The minimum absolute atomic E-state index is 0.453. The summed E-state index contributed by atoms with van der Waals surface area (Å²) in [5.41, 5.74) is 0.715. The molecule has 0 radical (unpaired) electrons. The molecular weight excluding hydrogens is 320 g/mol. The fourth-order valence-corrected chi connectivity index (χ4v) is 2.56. The van der Waals surface area contributed by atoms with Gasteiger partial charge in [-0.3, -0.25) is 0 Å². The Kier molecular flexibility index (Phi) is 3.41. The van der Waals surface area contributed by atoms with Crippen LogP contribution >= 0.6 is 27.5 Å². The van der Waals surface area contributed by atoms with E-state index < -0.39 is 0 Å². The molecule has 0 spiro atoms. The summed E-state index contributed by atoms with van der Waals surface area (Å²) in [6.07, 6.45) is 2.81. The summed E-state index contributed by atoms with van der Waals surface area (Å²) in [6.45, 7) is 2.52. The third kappa shape index (κ3) is 2.32. The third-order valence-corrected chi connectivity index (χ3v) is 3.75. The molecule has 0 aromatic carbocycles. The summed E-state index contributed by atoms with van der Waals surface area (Å²) in [5.74, 6) is 1.40. The van der Waals surface area contributed by atoms with Crippen molar-refractivity contribution in [2.75, 3.05) is 25.1 Å². The highest BCUT2D eigenvalue weighted by Gasteiger charge is 2.16. The van der Waals surface area contributed by atoms with Crippen LogP contribution in [0.4, 0.5) is 5.82 Å². The molecule has 1 aliphatic rings. The van der Waals surface area contributed by atoms with E-state index in [9.17, 15) is 0 Å². The van der Waals surface area contributed by atoms with E-state index in [1.807, 2.05) is 0 Å². The number of fused-ring (bicyclic) bond motifs is 1. The molecule has 0 aliphatic carbocycles. The second-order valence-electron chi connectivity index (χ2n) is 4.30. The zero-order chi connectivity index (χ0) is 12.5. The van der Waals surface area contributed by atoms with Crippen LogP contribution < -0.4 is 5.32 Å². The van der Waals surface area contributed by atoms with Crippen molar-refractivity contribution < 1.29 is 4.74 Å². The molecule has 7 heteroatoms. The summed E-state index contributed by atoms with van der Waals surface area (Å²) in [5, 5.41) is 8.07. The molecule has 3 rings (SSSR count). The fraction of sp³-hybridized carbons (Fsp3) is 0.455. The van der Waals surface area contributed by atoms with E-state index in [0.717, 1.165) is 36.5 Å². The van der Waals surface area contributed by atoms with Crippen LogP contribution in [0, 0.1) is 5.92 Å². The number of rotatable bonds is 3. The molecule has 1 fully saturated rings. The number of nitrogens with zero attached hydrogens (tertiary/aromatic N) is 3. The Morgan fingerprint density at radius 3 is 3.28 bits per heavy atom. The smallest absolute Gasteiger partial charge is 0.173 e. The van der Waals surface area contributed by atoms with Gasteiger partial charge in [-0.05, 0) is 22.4 Å². The number of ether oxygens (including phenoxy) is 1. The molecule has 96 valence electrons. The van der Waals surface area contributed by atoms with Gasteiger partial charge in [0.25, 0.3) is 0 Å². The van der Waals surface area contributed by atoms with Crippen LogP contribution in [0.5, 0.6) is 0 Å². The van der Waals surface area contributed by atoms with Crippen molar-refractivity contribution in [3.8, 4) is 0 Å². The Bertz CT molecular complexity index is 567. The first-order chi connectivity index (χ1) is 8.74. The largest absolute Gasteiger partial charge is 0.381 e. The highest BCUT2D eigenvalue weighted by atomic mass is 79.9. The van der Waals surface area contributed by atoms with Crippen LogP contribution in [-0.4, -0.2) is 34.4 Å². The third-order valence-electron chi connectivity index (χ3n) is 2.99. The number of anilines is 1. The van der Waals surface area contributed by atoms with E-state index in [0.29, 0.717) is 16.7 Å². The summed E-state index contributed by atoms with van der Waals surface area (Å²) in [7, 11) is 0. The second kappa shape index (κ2) is 5.03. The van der Waals surface area contributed by atoms with Gasteiger partial charge >= 0.3 is 0 Å². The number of hydrogen-bond donors (Lipinski definition) is 1. The van der Waals surface area contributed by atoms with Crippen LogP contribution in [-0.2, 0) is 4.74 Å². The zero-order valence-electron chi connectivity index (χ0n) is 9.57.